The number of aryl methyl sites for hydroxylation is 1. The lowest BCUT2D eigenvalue weighted by Gasteiger charge is -2.29. The molecule has 0 aromatic heterocycles. The molecule has 0 saturated carbocycles. The fourth-order valence-electron chi connectivity index (χ4n) is 1.95. The van der Waals surface area contributed by atoms with Crippen molar-refractivity contribution in [1.29, 1.82) is 0 Å². The average molecular weight is 358 g/mol. The van der Waals surface area contributed by atoms with Gasteiger partial charge in [0.15, 0.2) is 5.11 Å². The molecular weight excluding hydrogens is 341 g/mol. The normalized spacial score (nSPS) is 15.4. The Morgan fingerprint density at radius 2 is 1.91 bits per heavy atom. The fraction of sp³-hybridized carbons (Fsp3) is 0.333. The van der Waals surface area contributed by atoms with Crippen LogP contribution in [0.3, 0.4) is 0 Å². The van der Waals surface area contributed by atoms with Crippen LogP contribution in [-0.4, -0.2) is 42.2 Å². The molecule has 0 unspecified atom stereocenters. The molecule has 1 heterocycles. The third kappa shape index (κ3) is 5.25. The highest BCUT2D eigenvalue weighted by atomic mass is 35.5. The second-order valence-corrected chi connectivity index (χ2v) is 6.19. The van der Waals surface area contributed by atoms with Crippen LogP contribution in [0.2, 0.25) is 0 Å². The van der Waals surface area contributed by atoms with Crippen LogP contribution in [-0.2, 0) is 4.74 Å². The summed E-state index contributed by atoms with van der Waals surface area (Å²) < 4.78 is 5.41. The summed E-state index contributed by atoms with van der Waals surface area (Å²) in [6, 6.07) is 7.96. The van der Waals surface area contributed by atoms with E-state index in [4.69, 9.17) is 40.2 Å². The molecule has 1 aromatic rings. The quantitative estimate of drug-likeness (QED) is 0.500. The summed E-state index contributed by atoms with van der Waals surface area (Å²) in [7, 11) is 0. The number of benzene rings is 1. The third-order valence-electron chi connectivity index (χ3n) is 3.14. The number of aliphatic imine (C=N–C) groups is 1. The number of ether oxygens (including phenoxy) is 1. The van der Waals surface area contributed by atoms with Crippen LogP contribution in [0.4, 0.5) is 0 Å². The van der Waals surface area contributed by atoms with E-state index in [0.29, 0.717) is 24.2 Å². The number of hydrogen-bond acceptors (Lipinski definition) is 3. The summed E-state index contributed by atoms with van der Waals surface area (Å²) in [5.41, 5.74) is 2.08. The van der Waals surface area contributed by atoms with Crippen molar-refractivity contribution in [2.24, 2.45) is 4.99 Å². The maximum Gasteiger partial charge on any atom is 0.174 e. The smallest absolute Gasteiger partial charge is 0.174 e. The van der Waals surface area contributed by atoms with Crippen molar-refractivity contribution in [3.05, 3.63) is 46.1 Å². The zero-order valence-corrected chi connectivity index (χ0v) is 14.5. The topological polar surface area (TPSA) is 36.9 Å². The van der Waals surface area contributed by atoms with Gasteiger partial charge in [0.2, 0.25) is 0 Å². The Labute approximate surface area is 145 Å². The summed E-state index contributed by atoms with van der Waals surface area (Å²) >= 11 is 16.8. The molecule has 1 fully saturated rings. The van der Waals surface area contributed by atoms with Gasteiger partial charge in [0.05, 0.1) is 19.4 Å². The Bertz CT molecular complexity index is 577. The van der Waals surface area contributed by atoms with Crippen molar-refractivity contribution in [3.63, 3.8) is 0 Å². The van der Waals surface area contributed by atoms with E-state index >= 15 is 0 Å². The zero-order chi connectivity index (χ0) is 15.9. The van der Waals surface area contributed by atoms with Crippen LogP contribution >= 0.6 is 35.4 Å². The molecule has 0 spiro atoms. The number of morpholine rings is 1. The Hall–Kier alpha value is -1.14. The minimum atomic E-state index is 0.0868. The average Bonchev–Trinajstić information content (AvgIpc) is 2.53. The Kier molecular flexibility index (Phi) is 6.64. The van der Waals surface area contributed by atoms with Crippen LogP contribution in [0.25, 0.3) is 0 Å². The highest BCUT2D eigenvalue weighted by Gasteiger charge is 2.15. The summed E-state index contributed by atoms with van der Waals surface area (Å²) in [6.07, 6.45) is 1.38. The highest BCUT2D eigenvalue weighted by molar-refractivity contribution is 7.80. The van der Waals surface area contributed by atoms with Gasteiger partial charge < -0.3 is 15.0 Å². The first-order valence-corrected chi connectivity index (χ1v) is 8.02. The maximum absolute atomic E-state index is 5.65. The predicted octanol–water partition coefficient (Wildman–Crippen LogP) is 3.22. The van der Waals surface area contributed by atoms with Crippen molar-refractivity contribution in [2.75, 3.05) is 26.3 Å². The Morgan fingerprint density at radius 1 is 1.27 bits per heavy atom. The number of hydrogen-bond donors (Lipinski definition) is 1. The van der Waals surface area contributed by atoms with E-state index in [1.54, 1.807) is 0 Å². The first-order chi connectivity index (χ1) is 10.6. The second-order valence-electron chi connectivity index (χ2n) is 4.79. The van der Waals surface area contributed by atoms with E-state index in [0.717, 1.165) is 18.7 Å². The Morgan fingerprint density at radius 3 is 2.50 bits per heavy atom. The first-order valence-electron chi connectivity index (χ1n) is 6.86. The lowest BCUT2D eigenvalue weighted by molar-refractivity contribution is 0.0681. The van der Waals surface area contributed by atoms with Crippen molar-refractivity contribution >= 4 is 46.4 Å². The molecule has 1 saturated heterocycles. The van der Waals surface area contributed by atoms with Crippen molar-refractivity contribution < 1.29 is 4.74 Å². The predicted molar refractivity (Wildman–Crippen MR) is 95.6 cm³/mol. The lowest BCUT2D eigenvalue weighted by Crippen LogP contribution is -2.47. The molecule has 1 N–H and O–H groups in total. The number of rotatable bonds is 2. The van der Waals surface area contributed by atoms with E-state index in [9.17, 15) is 0 Å². The number of thiocarbonyl (C=S) groups is 1. The molecule has 0 bridgehead atoms. The molecule has 118 valence electrons. The van der Waals surface area contributed by atoms with E-state index in [-0.39, 0.29) is 4.49 Å². The molecule has 22 heavy (non-hydrogen) atoms. The third-order valence-corrected chi connectivity index (χ3v) is 3.70. The lowest BCUT2D eigenvalue weighted by atomic mass is 10.1. The van der Waals surface area contributed by atoms with Gasteiger partial charge in [-0.2, -0.15) is 0 Å². The van der Waals surface area contributed by atoms with Gasteiger partial charge >= 0.3 is 0 Å². The maximum atomic E-state index is 5.65. The molecule has 1 aliphatic heterocycles. The van der Waals surface area contributed by atoms with E-state index < -0.39 is 0 Å². The molecule has 4 nitrogen and oxygen atoms in total. The van der Waals surface area contributed by atoms with Crippen LogP contribution in [0.5, 0.6) is 0 Å². The monoisotopic (exact) mass is 357 g/mol. The minimum Gasteiger partial charge on any atom is -0.378 e. The largest absolute Gasteiger partial charge is 0.378 e. The van der Waals surface area contributed by atoms with Gasteiger partial charge in [0.1, 0.15) is 10.3 Å². The van der Waals surface area contributed by atoms with E-state index in [1.165, 1.54) is 11.8 Å². The Balaban J connectivity index is 2.17. The van der Waals surface area contributed by atoms with Gasteiger partial charge in [-0.15, -0.1) is 0 Å². The van der Waals surface area contributed by atoms with Crippen molar-refractivity contribution in [2.45, 2.75) is 6.92 Å². The second kappa shape index (κ2) is 8.48. The molecule has 0 aliphatic carbocycles. The summed E-state index contributed by atoms with van der Waals surface area (Å²) in [5, 5.41) is 3.78. The fourth-order valence-corrected chi connectivity index (χ4v) is 2.33. The van der Waals surface area contributed by atoms with E-state index in [1.807, 2.05) is 31.2 Å². The van der Waals surface area contributed by atoms with Crippen LogP contribution < -0.4 is 5.32 Å². The summed E-state index contributed by atoms with van der Waals surface area (Å²) in [4.78, 5) is 6.34. The summed E-state index contributed by atoms with van der Waals surface area (Å²) in [6.45, 7) is 4.90. The number of amidine groups is 1. The molecule has 0 atom stereocenters. The zero-order valence-electron chi connectivity index (χ0n) is 12.2. The van der Waals surface area contributed by atoms with Crippen LogP contribution in [0.1, 0.15) is 11.1 Å². The number of halogens is 2. The van der Waals surface area contributed by atoms with Gasteiger partial charge in [-0.05, 0) is 19.1 Å². The van der Waals surface area contributed by atoms with Crippen LogP contribution in [0.15, 0.2) is 39.9 Å². The molecule has 0 radical (unpaired) electrons. The van der Waals surface area contributed by atoms with Crippen molar-refractivity contribution in [1.82, 2.24) is 10.2 Å². The van der Waals surface area contributed by atoms with Gasteiger partial charge in [0, 0.05) is 18.7 Å². The van der Waals surface area contributed by atoms with E-state index in [2.05, 4.69) is 15.2 Å². The van der Waals surface area contributed by atoms with Gasteiger partial charge in [0.25, 0.3) is 0 Å². The van der Waals surface area contributed by atoms with Gasteiger partial charge in [-0.1, -0.05) is 53.0 Å². The SMILES string of the molecule is Cc1ccc(C(=NC=C(Cl)Cl)NC(=S)N2CCOCC2)cc1. The van der Waals surface area contributed by atoms with Gasteiger partial charge in [-0.25, -0.2) is 4.99 Å². The highest BCUT2D eigenvalue weighted by Crippen LogP contribution is 2.09. The standard InChI is InChI=1S/C15H17Cl2N3OS/c1-11-2-4-12(5-3-11)14(18-10-13(16)17)19-15(22)20-6-8-21-9-7-20/h2-5,10H,6-9H2,1H3,(H,18,19,22). The van der Waals surface area contributed by atoms with Gasteiger partial charge in [-0.3, -0.25) is 0 Å². The number of nitrogens with zero attached hydrogens (tertiary/aromatic N) is 2. The molecule has 1 aromatic carbocycles. The number of nitrogens with one attached hydrogen (secondary N) is 1. The molecule has 7 heteroatoms. The minimum absolute atomic E-state index is 0.0868. The summed E-state index contributed by atoms with van der Waals surface area (Å²) in [5.74, 6) is 0.607. The molecular formula is C15H17Cl2N3OS. The first kappa shape index (κ1) is 17.2. The molecule has 1 aliphatic rings. The molecule has 0 amide bonds. The van der Waals surface area contributed by atoms with Crippen LogP contribution in [0, 0.1) is 6.92 Å². The molecule has 2 rings (SSSR count). The van der Waals surface area contributed by atoms with Crippen molar-refractivity contribution in [3.8, 4) is 0 Å².